The average molecular weight is 279 g/mol. The number of carbonyl (C=O) groups is 2. The summed E-state index contributed by atoms with van der Waals surface area (Å²) in [5, 5.41) is 19.0. The van der Waals surface area contributed by atoms with Crippen LogP contribution in [0.2, 0.25) is 0 Å². The van der Waals surface area contributed by atoms with E-state index in [0.717, 1.165) is 30.6 Å². The molecule has 8 heteroatoms. The van der Waals surface area contributed by atoms with Gasteiger partial charge in [0, 0.05) is 18.6 Å². The molecular formula is C12H17N5O3. The van der Waals surface area contributed by atoms with Crippen molar-refractivity contribution >= 4 is 11.9 Å². The standard InChI is InChI=1S/C12H17N5O3/c18-11(19)7-17-6-9(14-15-17)12(20)13-8-3-5-16-4-1-2-10(8)16/h6,8,10H,1-5,7H2,(H,13,20)(H,18,19). The minimum Gasteiger partial charge on any atom is -0.480 e. The molecule has 2 fully saturated rings. The number of rotatable bonds is 4. The Hall–Kier alpha value is -1.96. The fraction of sp³-hybridized carbons (Fsp3) is 0.667. The van der Waals surface area contributed by atoms with E-state index in [4.69, 9.17) is 5.11 Å². The topological polar surface area (TPSA) is 100 Å². The van der Waals surface area contributed by atoms with Crippen molar-refractivity contribution in [3.63, 3.8) is 0 Å². The van der Waals surface area contributed by atoms with Crippen LogP contribution in [0.3, 0.4) is 0 Å². The molecular weight excluding hydrogens is 262 g/mol. The van der Waals surface area contributed by atoms with Crippen molar-refractivity contribution < 1.29 is 14.7 Å². The summed E-state index contributed by atoms with van der Waals surface area (Å²) in [4.78, 5) is 25.1. The number of carbonyl (C=O) groups excluding carboxylic acids is 1. The monoisotopic (exact) mass is 279 g/mol. The predicted molar refractivity (Wildman–Crippen MR) is 68.1 cm³/mol. The molecule has 2 aliphatic rings. The molecule has 3 rings (SSSR count). The van der Waals surface area contributed by atoms with E-state index >= 15 is 0 Å². The van der Waals surface area contributed by atoms with E-state index in [0.29, 0.717) is 6.04 Å². The van der Waals surface area contributed by atoms with Crippen molar-refractivity contribution in [3.8, 4) is 0 Å². The van der Waals surface area contributed by atoms with Gasteiger partial charge in [-0.05, 0) is 25.8 Å². The number of aliphatic carboxylic acids is 1. The van der Waals surface area contributed by atoms with Gasteiger partial charge in [0.25, 0.3) is 5.91 Å². The molecule has 3 heterocycles. The molecule has 108 valence electrons. The minimum absolute atomic E-state index is 0.162. The van der Waals surface area contributed by atoms with Crippen LogP contribution in [-0.4, -0.2) is 62.0 Å². The first-order valence-electron chi connectivity index (χ1n) is 6.80. The summed E-state index contributed by atoms with van der Waals surface area (Å²) < 4.78 is 1.15. The number of hydrogen-bond donors (Lipinski definition) is 2. The van der Waals surface area contributed by atoms with Gasteiger partial charge in [-0.3, -0.25) is 14.5 Å². The number of carboxylic acid groups (broad SMARTS) is 1. The first kappa shape index (κ1) is 13.0. The van der Waals surface area contributed by atoms with Crippen molar-refractivity contribution in [1.29, 1.82) is 0 Å². The van der Waals surface area contributed by atoms with Gasteiger partial charge >= 0.3 is 5.97 Å². The lowest BCUT2D eigenvalue weighted by Gasteiger charge is -2.20. The van der Waals surface area contributed by atoms with Gasteiger partial charge < -0.3 is 10.4 Å². The van der Waals surface area contributed by atoms with Gasteiger partial charge in [-0.1, -0.05) is 5.21 Å². The first-order chi connectivity index (χ1) is 9.63. The highest BCUT2D eigenvalue weighted by Crippen LogP contribution is 2.27. The fourth-order valence-corrected chi connectivity index (χ4v) is 3.11. The Morgan fingerprint density at radius 3 is 3.05 bits per heavy atom. The molecule has 2 unspecified atom stereocenters. The van der Waals surface area contributed by atoms with Gasteiger partial charge in [0.1, 0.15) is 6.54 Å². The van der Waals surface area contributed by atoms with Gasteiger partial charge in [0.2, 0.25) is 0 Å². The molecule has 0 spiro atoms. The van der Waals surface area contributed by atoms with E-state index in [2.05, 4.69) is 20.5 Å². The Morgan fingerprint density at radius 2 is 2.25 bits per heavy atom. The number of aromatic nitrogens is 3. The van der Waals surface area contributed by atoms with Gasteiger partial charge in [0.05, 0.1) is 6.20 Å². The zero-order valence-electron chi connectivity index (χ0n) is 11.0. The van der Waals surface area contributed by atoms with Crippen LogP contribution in [-0.2, 0) is 11.3 Å². The molecule has 2 aliphatic heterocycles. The molecule has 1 aromatic rings. The number of nitrogens with zero attached hydrogens (tertiary/aromatic N) is 4. The molecule has 2 N–H and O–H groups in total. The molecule has 0 aliphatic carbocycles. The fourth-order valence-electron chi connectivity index (χ4n) is 3.11. The van der Waals surface area contributed by atoms with Gasteiger partial charge in [-0.2, -0.15) is 0 Å². The molecule has 20 heavy (non-hydrogen) atoms. The van der Waals surface area contributed by atoms with Gasteiger partial charge in [-0.25, -0.2) is 4.68 Å². The predicted octanol–water partition coefficient (Wildman–Crippen LogP) is -0.671. The summed E-state index contributed by atoms with van der Waals surface area (Å²) in [5.74, 6) is -1.29. The van der Waals surface area contributed by atoms with E-state index in [1.165, 1.54) is 12.6 Å². The van der Waals surface area contributed by atoms with E-state index in [1.807, 2.05) is 0 Å². The summed E-state index contributed by atoms with van der Waals surface area (Å²) in [6, 6.07) is 0.600. The SMILES string of the molecule is O=C(O)Cn1cc(C(=O)NC2CCN3CCCC23)nn1. The number of carboxylic acids is 1. The number of hydrogen-bond acceptors (Lipinski definition) is 5. The van der Waals surface area contributed by atoms with Gasteiger partial charge in [-0.15, -0.1) is 5.10 Å². The average Bonchev–Trinajstić information content (AvgIpc) is 3.06. The quantitative estimate of drug-likeness (QED) is 0.758. The van der Waals surface area contributed by atoms with Crippen LogP contribution in [0, 0.1) is 0 Å². The second-order valence-corrected chi connectivity index (χ2v) is 5.31. The van der Waals surface area contributed by atoms with Crippen molar-refractivity contribution in [2.24, 2.45) is 0 Å². The van der Waals surface area contributed by atoms with Crippen LogP contribution < -0.4 is 5.32 Å². The van der Waals surface area contributed by atoms with E-state index < -0.39 is 5.97 Å². The molecule has 2 atom stereocenters. The highest BCUT2D eigenvalue weighted by atomic mass is 16.4. The van der Waals surface area contributed by atoms with E-state index in [-0.39, 0.29) is 24.2 Å². The summed E-state index contributed by atoms with van der Waals surface area (Å²) >= 11 is 0. The second kappa shape index (κ2) is 5.20. The Kier molecular flexibility index (Phi) is 3.39. The largest absolute Gasteiger partial charge is 0.480 e. The first-order valence-corrected chi connectivity index (χ1v) is 6.80. The molecule has 1 amide bonds. The summed E-state index contributed by atoms with van der Waals surface area (Å²) in [7, 11) is 0. The number of amides is 1. The Balaban J connectivity index is 1.61. The summed E-state index contributed by atoms with van der Waals surface area (Å²) in [6.45, 7) is 1.85. The lowest BCUT2D eigenvalue weighted by molar-refractivity contribution is -0.137. The highest BCUT2D eigenvalue weighted by Gasteiger charge is 2.38. The maximum absolute atomic E-state index is 12.1. The molecule has 1 aromatic heterocycles. The molecule has 0 saturated carbocycles. The normalized spacial score (nSPS) is 25.6. The molecule has 2 saturated heterocycles. The Morgan fingerprint density at radius 1 is 1.40 bits per heavy atom. The maximum atomic E-state index is 12.1. The summed E-state index contributed by atoms with van der Waals surface area (Å²) in [6.07, 6.45) is 4.63. The van der Waals surface area contributed by atoms with Crippen LogP contribution in [0.5, 0.6) is 0 Å². The third-order valence-electron chi connectivity index (χ3n) is 3.99. The summed E-state index contributed by atoms with van der Waals surface area (Å²) in [5.41, 5.74) is 0.169. The third kappa shape index (κ3) is 2.51. The van der Waals surface area contributed by atoms with Crippen LogP contribution in [0.15, 0.2) is 6.20 Å². The second-order valence-electron chi connectivity index (χ2n) is 5.31. The zero-order chi connectivity index (χ0) is 14.1. The van der Waals surface area contributed by atoms with Crippen molar-refractivity contribution in [2.75, 3.05) is 13.1 Å². The number of fused-ring (bicyclic) bond motifs is 1. The zero-order valence-corrected chi connectivity index (χ0v) is 11.0. The Bertz CT molecular complexity index is 529. The van der Waals surface area contributed by atoms with Gasteiger partial charge in [0.15, 0.2) is 5.69 Å². The smallest absolute Gasteiger partial charge is 0.325 e. The molecule has 0 aromatic carbocycles. The number of nitrogens with one attached hydrogen (secondary N) is 1. The Labute approximate surface area is 115 Å². The van der Waals surface area contributed by atoms with Crippen molar-refractivity contribution in [1.82, 2.24) is 25.2 Å². The highest BCUT2D eigenvalue weighted by molar-refractivity contribution is 5.92. The molecule has 8 nitrogen and oxygen atoms in total. The maximum Gasteiger partial charge on any atom is 0.325 e. The lowest BCUT2D eigenvalue weighted by Crippen LogP contribution is -2.42. The van der Waals surface area contributed by atoms with E-state index in [1.54, 1.807) is 0 Å². The lowest BCUT2D eigenvalue weighted by atomic mass is 10.1. The van der Waals surface area contributed by atoms with Crippen LogP contribution >= 0.6 is 0 Å². The van der Waals surface area contributed by atoms with Crippen molar-refractivity contribution in [2.45, 2.75) is 37.9 Å². The molecule has 0 bridgehead atoms. The minimum atomic E-state index is -1.01. The van der Waals surface area contributed by atoms with Crippen LogP contribution in [0.4, 0.5) is 0 Å². The molecule has 0 radical (unpaired) electrons. The van der Waals surface area contributed by atoms with Crippen LogP contribution in [0.1, 0.15) is 29.8 Å². The van der Waals surface area contributed by atoms with Crippen molar-refractivity contribution in [3.05, 3.63) is 11.9 Å². The third-order valence-corrected chi connectivity index (χ3v) is 3.99. The van der Waals surface area contributed by atoms with E-state index in [9.17, 15) is 9.59 Å². The van der Waals surface area contributed by atoms with Crippen LogP contribution in [0.25, 0.3) is 0 Å².